The van der Waals surface area contributed by atoms with Crippen molar-refractivity contribution in [3.8, 4) is 0 Å². The van der Waals surface area contributed by atoms with Crippen molar-refractivity contribution in [2.45, 2.75) is 12.6 Å². The molecule has 4 nitrogen and oxygen atoms in total. The van der Waals surface area contributed by atoms with Gasteiger partial charge < -0.3 is 10.6 Å². The summed E-state index contributed by atoms with van der Waals surface area (Å²) in [5, 5.41) is 0. The highest BCUT2D eigenvalue weighted by Crippen LogP contribution is 2.31. The van der Waals surface area contributed by atoms with E-state index in [1.165, 1.54) is 0 Å². The number of likely N-dealkylation sites (tertiary alicyclic amines) is 1. The highest BCUT2D eigenvalue weighted by Gasteiger charge is 2.34. The van der Waals surface area contributed by atoms with Gasteiger partial charge in [-0.2, -0.15) is 13.2 Å². The van der Waals surface area contributed by atoms with Crippen molar-refractivity contribution in [2.24, 2.45) is 11.7 Å². The molecule has 1 aliphatic heterocycles. The second-order valence-electron chi connectivity index (χ2n) is 4.83. The monoisotopic (exact) mass is 304 g/mol. The molecule has 1 saturated heterocycles. The fourth-order valence-electron chi connectivity index (χ4n) is 2.21. The van der Waals surface area contributed by atoms with Crippen LogP contribution >= 0.6 is 0 Å². The molecule has 0 radical (unpaired) electrons. The second kappa shape index (κ2) is 5.34. The molecule has 21 heavy (non-hydrogen) atoms. The molecule has 8 heteroatoms. The minimum atomic E-state index is -4.66. The number of amides is 2. The number of benzene rings is 1. The van der Waals surface area contributed by atoms with E-state index in [0.717, 1.165) is 4.90 Å². The van der Waals surface area contributed by atoms with Gasteiger partial charge in [0.15, 0.2) is 0 Å². The maximum atomic E-state index is 13.6. The van der Waals surface area contributed by atoms with Gasteiger partial charge in [-0.3, -0.25) is 9.59 Å². The lowest BCUT2D eigenvalue weighted by atomic mass is 10.1. The molecule has 0 saturated carbocycles. The summed E-state index contributed by atoms with van der Waals surface area (Å²) in [4.78, 5) is 24.2. The van der Waals surface area contributed by atoms with E-state index in [4.69, 9.17) is 5.73 Å². The van der Waals surface area contributed by atoms with Crippen LogP contribution < -0.4 is 5.73 Å². The van der Waals surface area contributed by atoms with Crippen molar-refractivity contribution < 1.29 is 27.2 Å². The summed E-state index contributed by atoms with van der Waals surface area (Å²) in [5.74, 6) is -3.05. The van der Waals surface area contributed by atoms with E-state index in [9.17, 15) is 27.2 Å². The molecule has 0 spiro atoms. The molecule has 0 aliphatic carbocycles. The van der Waals surface area contributed by atoms with Crippen molar-refractivity contribution in [2.75, 3.05) is 13.1 Å². The van der Waals surface area contributed by atoms with Crippen molar-refractivity contribution in [3.63, 3.8) is 0 Å². The largest absolute Gasteiger partial charge is 0.416 e. The molecule has 2 rings (SSSR count). The van der Waals surface area contributed by atoms with Crippen molar-refractivity contribution in [1.29, 1.82) is 0 Å². The molecule has 1 fully saturated rings. The van der Waals surface area contributed by atoms with E-state index >= 15 is 0 Å². The van der Waals surface area contributed by atoms with Gasteiger partial charge >= 0.3 is 6.18 Å². The van der Waals surface area contributed by atoms with Gasteiger partial charge in [-0.15, -0.1) is 0 Å². The van der Waals surface area contributed by atoms with Crippen LogP contribution in [0.15, 0.2) is 18.2 Å². The van der Waals surface area contributed by atoms with Crippen LogP contribution in [0.3, 0.4) is 0 Å². The molecule has 0 bridgehead atoms. The number of nitrogens with zero attached hydrogens (tertiary/aromatic N) is 1. The fraction of sp³-hybridized carbons (Fsp3) is 0.385. The zero-order valence-electron chi connectivity index (χ0n) is 10.8. The summed E-state index contributed by atoms with van der Waals surface area (Å²) in [6, 6.07) is 1.66. The molecule has 1 atom stereocenters. The lowest BCUT2D eigenvalue weighted by molar-refractivity contribution is -0.137. The normalized spacial score (nSPS) is 18.9. The number of rotatable bonds is 2. The third kappa shape index (κ3) is 3.14. The first-order valence-electron chi connectivity index (χ1n) is 6.15. The predicted molar refractivity (Wildman–Crippen MR) is 64.6 cm³/mol. The Labute approximate surface area is 117 Å². The van der Waals surface area contributed by atoms with E-state index in [1.54, 1.807) is 0 Å². The Hall–Kier alpha value is -2.12. The zero-order chi connectivity index (χ0) is 15.8. The number of primary amides is 1. The number of hydrogen-bond donors (Lipinski definition) is 1. The Morgan fingerprint density at radius 3 is 2.48 bits per heavy atom. The van der Waals surface area contributed by atoms with Gasteiger partial charge in [0.25, 0.3) is 5.91 Å². The van der Waals surface area contributed by atoms with Crippen LogP contribution in [0.25, 0.3) is 0 Å². The Morgan fingerprint density at radius 1 is 1.29 bits per heavy atom. The van der Waals surface area contributed by atoms with Crippen molar-refractivity contribution in [3.05, 3.63) is 35.1 Å². The Balaban J connectivity index is 2.26. The lowest BCUT2D eigenvalue weighted by Gasteiger charge is -2.17. The Kier molecular flexibility index (Phi) is 3.89. The third-order valence-electron chi connectivity index (χ3n) is 3.40. The topological polar surface area (TPSA) is 63.4 Å². The lowest BCUT2D eigenvalue weighted by Crippen LogP contribution is -2.32. The molecule has 114 valence electrons. The number of hydrogen-bond acceptors (Lipinski definition) is 2. The SMILES string of the molecule is NC(=O)C1CCN(C(=O)c2cc(C(F)(F)F)ccc2F)C1. The smallest absolute Gasteiger partial charge is 0.369 e. The maximum absolute atomic E-state index is 13.6. The average molecular weight is 304 g/mol. The highest BCUT2D eigenvalue weighted by atomic mass is 19.4. The molecule has 1 unspecified atom stereocenters. The number of nitrogens with two attached hydrogens (primary N) is 1. The van der Waals surface area contributed by atoms with Gasteiger partial charge in [0.1, 0.15) is 5.82 Å². The molecule has 2 N–H and O–H groups in total. The molecule has 2 amide bonds. The van der Waals surface area contributed by atoms with Gasteiger partial charge in [-0.05, 0) is 24.6 Å². The average Bonchev–Trinajstić information content (AvgIpc) is 2.86. The van der Waals surface area contributed by atoms with Crippen molar-refractivity contribution in [1.82, 2.24) is 4.90 Å². The van der Waals surface area contributed by atoms with E-state index < -0.39 is 40.9 Å². The Bertz CT molecular complexity index is 586. The quantitative estimate of drug-likeness (QED) is 0.847. The first-order valence-corrected chi connectivity index (χ1v) is 6.15. The second-order valence-corrected chi connectivity index (χ2v) is 4.83. The zero-order valence-corrected chi connectivity index (χ0v) is 10.8. The molecule has 1 aromatic carbocycles. The standard InChI is InChI=1S/C13H12F4N2O2/c14-10-2-1-8(13(15,16)17)5-9(10)12(21)19-4-3-7(6-19)11(18)20/h1-2,5,7H,3-4,6H2,(H2,18,20). The molecule has 1 aromatic rings. The minimum absolute atomic E-state index is 0.0101. The van der Waals surface area contributed by atoms with Gasteiger partial charge in [0, 0.05) is 13.1 Å². The van der Waals surface area contributed by atoms with Gasteiger partial charge in [-0.25, -0.2) is 4.39 Å². The van der Waals surface area contributed by atoms with E-state index in [1.807, 2.05) is 0 Å². The summed E-state index contributed by atoms with van der Waals surface area (Å²) < 4.78 is 51.4. The molecule has 1 aliphatic rings. The number of carbonyl (C=O) groups excluding carboxylic acids is 2. The van der Waals surface area contributed by atoms with E-state index in [-0.39, 0.29) is 13.1 Å². The summed E-state index contributed by atoms with van der Waals surface area (Å²) in [7, 11) is 0. The minimum Gasteiger partial charge on any atom is -0.369 e. The number of halogens is 4. The highest BCUT2D eigenvalue weighted by molar-refractivity contribution is 5.95. The van der Waals surface area contributed by atoms with Crippen LogP contribution in [-0.4, -0.2) is 29.8 Å². The van der Waals surface area contributed by atoms with Crippen LogP contribution in [-0.2, 0) is 11.0 Å². The first kappa shape index (κ1) is 15.3. The van der Waals surface area contributed by atoms with Crippen LogP contribution in [0.5, 0.6) is 0 Å². The maximum Gasteiger partial charge on any atom is 0.416 e. The summed E-state index contributed by atoms with van der Waals surface area (Å²) >= 11 is 0. The Morgan fingerprint density at radius 2 is 1.95 bits per heavy atom. The predicted octanol–water partition coefficient (Wildman–Crippen LogP) is 1.79. The fourth-order valence-corrected chi connectivity index (χ4v) is 2.21. The van der Waals surface area contributed by atoms with Crippen LogP contribution in [0.4, 0.5) is 17.6 Å². The van der Waals surface area contributed by atoms with Gasteiger partial charge in [0.05, 0.1) is 17.0 Å². The number of carbonyl (C=O) groups is 2. The number of alkyl halides is 3. The van der Waals surface area contributed by atoms with Crippen LogP contribution in [0.1, 0.15) is 22.3 Å². The van der Waals surface area contributed by atoms with Crippen LogP contribution in [0.2, 0.25) is 0 Å². The summed E-state index contributed by atoms with van der Waals surface area (Å²) in [6.07, 6.45) is -4.34. The van der Waals surface area contributed by atoms with Crippen molar-refractivity contribution >= 4 is 11.8 Å². The molecular weight excluding hydrogens is 292 g/mol. The summed E-state index contributed by atoms with van der Waals surface area (Å²) in [6.45, 7) is 0.145. The van der Waals surface area contributed by atoms with Crippen LogP contribution in [0, 0.1) is 11.7 Å². The first-order chi connectivity index (χ1) is 9.70. The molecular formula is C13H12F4N2O2. The molecule has 0 aromatic heterocycles. The third-order valence-corrected chi connectivity index (χ3v) is 3.40. The van der Waals surface area contributed by atoms with Gasteiger partial charge in [0.2, 0.25) is 5.91 Å². The van der Waals surface area contributed by atoms with Gasteiger partial charge in [-0.1, -0.05) is 0 Å². The van der Waals surface area contributed by atoms with E-state index in [0.29, 0.717) is 24.6 Å². The molecule has 1 heterocycles. The summed E-state index contributed by atoms with van der Waals surface area (Å²) in [5.41, 5.74) is 3.35. The van der Waals surface area contributed by atoms with E-state index in [2.05, 4.69) is 0 Å².